The second-order valence-corrected chi connectivity index (χ2v) is 8.21. The van der Waals surface area contributed by atoms with E-state index in [9.17, 15) is 4.79 Å². The predicted molar refractivity (Wildman–Crippen MR) is 94.7 cm³/mol. The van der Waals surface area contributed by atoms with Crippen molar-refractivity contribution >= 4 is 12.4 Å². The summed E-state index contributed by atoms with van der Waals surface area (Å²) in [7, 11) is 1.96. The number of amides is 1. The lowest BCUT2D eigenvalue weighted by Crippen LogP contribution is -2.42. The van der Waals surface area contributed by atoms with Gasteiger partial charge in [0.05, 0.1) is 5.92 Å². The molecule has 2 saturated heterocycles. The molecule has 0 radical (unpaired) electrons. The van der Waals surface area contributed by atoms with Gasteiger partial charge in [-0.2, -0.15) is 0 Å². The lowest BCUT2D eigenvalue weighted by Gasteiger charge is -2.36. The van der Waals surface area contributed by atoms with Crippen LogP contribution in [0.2, 0.25) is 0 Å². The fraction of sp³-hybridized carbons (Fsp3) is 0.789. The van der Waals surface area contributed by atoms with E-state index in [0.29, 0.717) is 17.2 Å². The highest BCUT2D eigenvalue weighted by Crippen LogP contribution is 2.41. The standard InChI is InChI=1S/C18H30N2O.CH2O2/c1-13-6-5-8-18(2,3)16(13)12-20-10-14-7-9-19(4)17(21)15(14)11-20;2-1-3/h14-15H,5-12H2,1-4H3;1H,(H,2,3)/t14-,15+;/m1./s1. The van der Waals surface area contributed by atoms with Gasteiger partial charge in [0.25, 0.3) is 6.47 Å². The fourth-order valence-corrected chi connectivity index (χ4v) is 4.66. The number of allylic oxidation sites excluding steroid dienone is 1. The van der Waals surface area contributed by atoms with Gasteiger partial charge in [0, 0.05) is 33.2 Å². The van der Waals surface area contributed by atoms with Crippen LogP contribution in [0.15, 0.2) is 11.1 Å². The molecule has 0 aromatic rings. The molecule has 2 fully saturated rings. The van der Waals surface area contributed by atoms with Crippen LogP contribution >= 0.6 is 0 Å². The van der Waals surface area contributed by atoms with Crippen LogP contribution in [0.25, 0.3) is 0 Å². The Morgan fingerprint density at radius 1 is 1.33 bits per heavy atom. The minimum atomic E-state index is -0.250. The van der Waals surface area contributed by atoms with Crippen molar-refractivity contribution in [2.24, 2.45) is 17.3 Å². The van der Waals surface area contributed by atoms with Crippen LogP contribution in [0.3, 0.4) is 0 Å². The summed E-state index contributed by atoms with van der Waals surface area (Å²) >= 11 is 0. The largest absolute Gasteiger partial charge is 0.483 e. The van der Waals surface area contributed by atoms with Crippen LogP contribution in [0, 0.1) is 17.3 Å². The summed E-state index contributed by atoms with van der Waals surface area (Å²) in [5.41, 5.74) is 3.59. The van der Waals surface area contributed by atoms with Gasteiger partial charge in [0.1, 0.15) is 0 Å². The Morgan fingerprint density at radius 3 is 2.62 bits per heavy atom. The number of fused-ring (bicyclic) bond motifs is 1. The van der Waals surface area contributed by atoms with Gasteiger partial charge in [-0.25, -0.2) is 0 Å². The number of carbonyl (C=O) groups excluding carboxylic acids is 1. The van der Waals surface area contributed by atoms with E-state index in [2.05, 4.69) is 25.7 Å². The summed E-state index contributed by atoms with van der Waals surface area (Å²) < 4.78 is 0. The van der Waals surface area contributed by atoms with Gasteiger partial charge in [-0.1, -0.05) is 25.0 Å². The molecule has 1 aliphatic carbocycles. The Kier molecular flexibility index (Phi) is 6.07. The van der Waals surface area contributed by atoms with Crippen LogP contribution in [-0.4, -0.2) is 60.5 Å². The number of nitrogens with zero attached hydrogens (tertiary/aromatic N) is 2. The van der Waals surface area contributed by atoms with Gasteiger partial charge >= 0.3 is 0 Å². The zero-order valence-corrected chi connectivity index (χ0v) is 15.5. The molecule has 0 unspecified atom stereocenters. The Morgan fingerprint density at radius 2 is 2.00 bits per heavy atom. The Hall–Kier alpha value is -1.36. The predicted octanol–water partition coefficient (Wildman–Crippen LogP) is 2.62. The van der Waals surface area contributed by atoms with Gasteiger partial charge in [-0.05, 0) is 43.9 Å². The van der Waals surface area contributed by atoms with Crippen molar-refractivity contribution in [2.75, 3.05) is 33.2 Å². The van der Waals surface area contributed by atoms with Gasteiger partial charge in [-0.3, -0.25) is 14.5 Å². The van der Waals surface area contributed by atoms with Crippen LogP contribution in [-0.2, 0) is 9.59 Å². The Labute approximate surface area is 145 Å². The Balaban J connectivity index is 0.000000647. The zero-order chi connectivity index (χ0) is 17.9. The molecule has 0 aromatic carbocycles. The van der Waals surface area contributed by atoms with Crippen LogP contribution in [0.1, 0.15) is 46.5 Å². The second kappa shape index (κ2) is 7.68. The number of piperidine rings is 1. The van der Waals surface area contributed by atoms with Crippen molar-refractivity contribution in [3.63, 3.8) is 0 Å². The molecule has 2 aliphatic heterocycles. The van der Waals surface area contributed by atoms with E-state index in [-0.39, 0.29) is 12.4 Å². The Bertz CT molecular complexity index is 513. The molecule has 2 heterocycles. The van der Waals surface area contributed by atoms with Crippen molar-refractivity contribution in [2.45, 2.75) is 46.5 Å². The van der Waals surface area contributed by atoms with E-state index >= 15 is 0 Å². The minimum Gasteiger partial charge on any atom is -0.483 e. The molecule has 0 bridgehead atoms. The summed E-state index contributed by atoms with van der Waals surface area (Å²) in [4.78, 5) is 25.2. The van der Waals surface area contributed by atoms with Crippen molar-refractivity contribution in [1.29, 1.82) is 0 Å². The topological polar surface area (TPSA) is 60.9 Å². The van der Waals surface area contributed by atoms with Crippen molar-refractivity contribution < 1.29 is 14.7 Å². The molecule has 2 atom stereocenters. The second-order valence-electron chi connectivity index (χ2n) is 8.21. The molecule has 24 heavy (non-hydrogen) atoms. The van der Waals surface area contributed by atoms with Gasteiger partial charge in [0.2, 0.25) is 5.91 Å². The van der Waals surface area contributed by atoms with E-state index < -0.39 is 0 Å². The number of carbonyl (C=O) groups is 2. The summed E-state index contributed by atoms with van der Waals surface area (Å²) in [5.74, 6) is 1.24. The molecule has 0 aromatic heterocycles. The average Bonchev–Trinajstić information content (AvgIpc) is 2.91. The number of carboxylic acid groups (broad SMARTS) is 1. The molecule has 3 aliphatic rings. The molecule has 3 rings (SSSR count). The number of hydrogen-bond donors (Lipinski definition) is 1. The SMILES string of the molecule is CC1=C(CN2C[C@H]3CCN(C)C(=O)[C@H]3C2)C(C)(C)CCC1.O=CO. The molecule has 0 spiro atoms. The smallest absolute Gasteiger partial charge is 0.290 e. The van der Waals surface area contributed by atoms with E-state index in [4.69, 9.17) is 9.90 Å². The summed E-state index contributed by atoms with van der Waals surface area (Å²) in [5, 5.41) is 6.89. The number of hydrogen-bond acceptors (Lipinski definition) is 3. The van der Waals surface area contributed by atoms with E-state index in [1.165, 1.54) is 25.7 Å². The fourth-order valence-electron chi connectivity index (χ4n) is 4.66. The van der Waals surface area contributed by atoms with E-state index in [1.54, 1.807) is 11.1 Å². The summed E-state index contributed by atoms with van der Waals surface area (Å²) in [6, 6.07) is 0. The third-order valence-electron chi connectivity index (χ3n) is 6.11. The first-order valence-corrected chi connectivity index (χ1v) is 9.04. The minimum absolute atomic E-state index is 0.250. The molecular formula is C19H32N2O3. The maximum Gasteiger partial charge on any atom is 0.290 e. The molecular weight excluding hydrogens is 304 g/mol. The lowest BCUT2D eigenvalue weighted by atomic mass is 9.72. The highest BCUT2D eigenvalue weighted by Gasteiger charge is 2.42. The highest BCUT2D eigenvalue weighted by molar-refractivity contribution is 5.80. The lowest BCUT2D eigenvalue weighted by molar-refractivity contribution is -0.137. The third kappa shape index (κ3) is 4.00. The molecule has 136 valence electrons. The van der Waals surface area contributed by atoms with Gasteiger partial charge in [-0.15, -0.1) is 0 Å². The normalized spacial score (nSPS) is 29.8. The maximum atomic E-state index is 12.3. The van der Waals surface area contributed by atoms with E-state index in [0.717, 1.165) is 26.2 Å². The first kappa shape index (κ1) is 19.0. The summed E-state index contributed by atoms with van der Waals surface area (Å²) in [6.07, 6.45) is 5.09. The molecule has 0 saturated carbocycles. The summed E-state index contributed by atoms with van der Waals surface area (Å²) in [6.45, 7) is 11.0. The van der Waals surface area contributed by atoms with Gasteiger partial charge in [0.15, 0.2) is 0 Å². The van der Waals surface area contributed by atoms with Gasteiger partial charge < -0.3 is 10.0 Å². The quantitative estimate of drug-likeness (QED) is 0.622. The first-order valence-electron chi connectivity index (χ1n) is 9.04. The van der Waals surface area contributed by atoms with Crippen molar-refractivity contribution in [1.82, 2.24) is 9.80 Å². The third-order valence-corrected chi connectivity index (χ3v) is 6.11. The first-order chi connectivity index (χ1) is 11.3. The molecule has 5 heteroatoms. The molecule has 5 nitrogen and oxygen atoms in total. The van der Waals surface area contributed by atoms with Crippen molar-refractivity contribution in [3.05, 3.63) is 11.1 Å². The number of likely N-dealkylation sites (tertiary alicyclic amines) is 2. The number of rotatable bonds is 2. The van der Waals surface area contributed by atoms with Crippen LogP contribution in [0.4, 0.5) is 0 Å². The average molecular weight is 336 g/mol. The van der Waals surface area contributed by atoms with Crippen LogP contribution in [0.5, 0.6) is 0 Å². The van der Waals surface area contributed by atoms with E-state index in [1.807, 2.05) is 11.9 Å². The maximum absolute atomic E-state index is 12.3. The zero-order valence-electron chi connectivity index (χ0n) is 15.5. The monoisotopic (exact) mass is 336 g/mol. The highest BCUT2D eigenvalue weighted by atomic mass is 16.3. The molecule has 1 amide bonds. The molecule has 1 N–H and O–H groups in total. The van der Waals surface area contributed by atoms with Crippen LogP contribution < -0.4 is 0 Å². The van der Waals surface area contributed by atoms with Crippen molar-refractivity contribution in [3.8, 4) is 0 Å².